The summed E-state index contributed by atoms with van der Waals surface area (Å²) < 4.78 is 1.36. The number of rotatable bonds is 7. The van der Waals surface area contributed by atoms with E-state index in [1.165, 1.54) is 33.7 Å². The fourth-order valence-corrected chi connectivity index (χ4v) is 4.41. The number of benzene rings is 1. The number of thioether (sulfide) groups is 1. The van der Waals surface area contributed by atoms with Gasteiger partial charge in [-0.15, -0.1) is 11.8 Å². The van der Waals surface area contributed by atoms with Gasteiger partial charge >= 0.3 is 0 Å². The van der Waals surface area contributed by atoms with Crippen molar-refractivity contribution in [1.82, 2.24) is 14.6 Å². The smallest absolute Gasteiger partial charge is 0.275 e. The van der Waals surface area contributed by atoms with Gasteiger partial charge in [-0.3, -0.25) is 9.59 Å². The highest BCUT2D eigenvalue weighted by atomic mass is 32.2. The summed E-state index contributed by atoms with van der Waals surface area (Å²) in [5.41, 5.74) is 3.54. The van der Waals surface area contributed by atoms with E-state index < -0.39 is 0 Å². The maximum Gasteiger partial charge on any atom is 0.275 e. The number of anilines is 1. The van der Waals surface area contributed by atoms with Crippen LogP contribution in [0.15, 0.2) is 29.1 Å². The second-order valence-corrected chi connectivity index (χ2v) is 8.41. The summed E-state index contributed by atoms with van der Waals surface area (Å²) in [5, 5.41) is 8.15. The number of nitrogens with one attached hydrogen (secondary N) is 1. The summed E-state index contributed by atoms with van der Waals surface area (Å²) in [6.45, 7) is 6.08. The van der Waals surface area contributed by atoms with Crippen molar-refractivity contribution in [3.05, 3.63) is 56.4 Å². The molecule has 0 aliphatic carbocycles. The van der Waals surface area contributed by atoms with Crippen molar-refractivity contribution in [2.75, 3.05) is 11.1 Å². The number of hydrogen-bond donors (Lipinski definition) is 1. The highest BCUT2D eigenvalue weighted by Crippen LogP contribution is 2.18. The number of carbonyl (C=O) groups is 1. The topological polar surface area (TPSA) is 76.4 Å². The van der Waals surface area contributed by atoms with Crippen LogP contribution in [-0.2, 0) is 17.0 Å². The first-order chi connectivity index (χ1) is 13.0. The Bertz CT molecular complexity index is 1030. The van der Waals surface area contributed by atoms with E-state index in [0.717, 1.165) is 34.7 Å². The third-order valence-electron chi connectivity index (χ3n) is 3.94. The number of nitrogens with zero attached hydrogens (tertiary/aromatic N) is 3. The Kier molecular flexibility index (Phi) is 6.28. The van der Waals surface area contributed by atoms with Crippen LogP contribution in [-0.4, -0.2) is 26.3 Å². The number of fused-ring (bicyclic) bond motifs is 1. The first-order valence-corrected chi connectivity index (χ1v) is 10.8. The molecule has 8 heteroatoms. The minimum Gasteiger partial charge on any atom is -0.325 e. The number of carbonyl (C=O) groups excluding carboxylic acids is 1. The average molecular weight is 403 g/mol. The van der Waals surface area contributed by atoms with Crippen LogP contribution in [0.5, 0.6) is 0 Å². The van der Waals surface area contributed by atoms with Crippen LogP contribution < -0.4 is 10.9 Å². The lowest BCUT2D eigenvalue weighted by atomic mass is 10.1. The number of aryl methyl sites for hydroxylation is 3. The Morgan fingerprint density at radius 2 is 2.11 bits per heavy atom. The Balaban J connectivity index is 1.59. The minimum atomic E-state index is -0.172. The standard InChI is InChI=1S/C19H22N4O2S2/c1-4-5-17-22-23-18(25)9-14(20-19(23)27-17)10-26-11-16(24)21-15-7-6-12(2)8-13(15)3/h6-9H,4-5,10-11H2,1-3H3,(H,21,24). The zero-order valence-electron chi connectivity index (χ0n) is 15.6. The zero-order chi connectivity index (χ0) is 19.4. The summed E-state index contributed by atoms with van der Waals surface area (Å²) in [7, 11) is 0. The molecule has 3 rings (SSSR count). The third kappa shape index (κ3) is 4.95. The monoisotopic (exact) mass is 402 g/mol. The maximum atomic E-state index is 12.2. The SMILES string of the molecule is CCCc1nn2c(=O)cc(CSCC(=O)Nc3ccc(C)cc3C)nc2s1. The van der Waals surface area contributed by atoms with E-state index in [4.69, 9.17) is 0 Å². The van der Waals surface area contributed by atoms with Gasteiger partial charge in [0.2, 0.25) is 10.9 Å². The molecule has 27 heavy (non-hydrogen) atoms. The molecule has 0 spiro atoms. The van der Waals surface area contributed by atoms with Gasteiger partial charge < -0.3 is 5.32 Å². The van der Waals surface area contributed by atoms with Crippen molar-refractivity contribution in [2.24, 2.45) is 0 Å². The molecule has 0 saturated carbocycles. The average Bonchev–Trinajstić information content (AvgIpc) is 3.01. The molecule has 142 valence electrons. The number of aromatic nitrogens is 3. The first-order valence-electron chi connectivity index (χ1n) is 8.80. The second kappa shape index (κ2) is 8.67. The largest absolute Gasteiger partial charge is 0.325 e. The van der Waals surface area contributed by atoms with Crippen molar-refractivity contribution < 1.29 is 4.79 Å². The highest BCUT2D eigenvalue weighted by Gasteiger charge is 2.10. The van der Waals surface area contributed by atoms with Gasteiger partial charge in [0.05, 0.1) is 11.4 Å². The molecule has 6 nitrogen and oxygen atoms in total. The van der Waals surface area contributed by atoms with Gasteiger partial charge in [0.25, 0.3) is 5.56 Å². The van der Waals surface area contributed by atoms with Crippen LogP contribution in [0.2, 0.25) is 0 Å². The van der Waals surface area contributed by atoms with E-state index in [-0.39, 0.29) is 11.5 Å². The number of hydrogen-bond acceptors (Lipinski definition) is 6. The van der Waals surface area contributed by atoms with Gasteiger partial charge in [-0.25, -0.2) is 4.98 Å². The van der Waals surface area contributed by atoms with Gasteiger partial charge in [-0.2, -0.15) is 9.61 Å². The van der Waals surface area contributed by atoms with E-state index in [9.17, 15) is 9.59 Å². The Hall–Kier alpha value is -2.19. The summed E-state index contributed by atoms with van der Waals surface area (Å²) >= 11 is 2.89. The molecule has 0 fully saturated rings. The number of amides is 1. The van der Waals surface area contributed by atoms with E-state index in [1.807, 2.05) is 32.0 Å². The molecule has 1 amide bonds. The molecule has 0 aliphatic heterocycles. The van der Waals surface area contributed by atoms with Crippen molar-refractivity contribution >= 4 is 39.7 Å². The summed E-state index contributed by atoms with van der Waals surface area (Å²) in [4.78, 5) is 29.5. The Morgan fingerprint density at radius 3 is 2.85 bits per heavy atom. The van der Waals surface area contributed by atoms with Crippen LogP contribution in [0, 0.1) is 13.8 Å². The van der Waals surface area contributed by atoms with E-state index in [1.54, 1.807) is 0 Å². The van der Waals surface area contributed by atoms with Crippen LogP contribution in [0.4, 0.5) is 5.69 Å². The lowest BCUT2D eigenvalue weighted by Gasteiger charge is -2.09. The fraction of sp³-hybridized carbons (Fsp3) is 0.368. The van der Waals surface area contributed by atoms with Gasteiger partial charge in [0.1, 0.15) is 5.01 Å². The molecule has 0 atom stereocenters. The molecule has 3 aromatic rings. The molecule has 0 aliphatic rings. The summed E-state index contributed by atoms with van der Waals surface area (Å²) in [6.07, 6.45) is 1.82. The highest BCUT2D eigenvalue weighted by molar-refractivity contribution is 7.99. The first kappa shape index (κ1) is 19.6. The molecular weight excluding hydrogens is 380 g/mol. The van der Waals surface area contributed by atoms with Gasteiger partial charge in [-0.1, -0.05) is 36.0 Å². The van der Waals surface area contributed by atoms with Crippen LogP contribution in [0.25, 0.3) is 4.96 Å². The van der Waals surface area contributed by atoms with E-state index >= 15 is 0 Å². The van der Waals surface area contributed by atoms with Crippen LogP contribution in [0.1, 0.15) is 35.2 Å². The van der Waals surface area contributed by atoms with Crippen LogP contribution in [0.3, 0.4) is 0 Å². The van der Waals surface area contributed by atoms with Gasteiger partial charge in [0.15, 0.2) is 0 Å². The molecule has 0 unspecified atom stereocenters. The molecule has 1 N–H and O–H groups in total. The molecule has 2 heterocycles. The molecular formula is C19H22N4O2S2. The second-order valence-electron chi connectivity index (χ2n) is 6.39. The molecule has 0 saturated heterocycles. The van der Waals surface area contributed by atoms with Gasteiger partial charge in [0, 0.05) is 23.9 Å². The molecule has 1 aromatic carbocycles. The quantitative estimate of drug-likeness (QED) is 0.653. The third-order valence-corrected chi connectivity index (χ3v) is 5.88. The maximum absolute atomic E-state index is 12.2. The lowest BCUT2D eigenvalue weighted by Crippen LogP contribution is -2.16. The molecule has 0 radical (unpaired) electrons. The van der Waals surface area contributed by atoms with E-state index in [0.29, 0.717) is 22.2 Å². The van der Waals surface area contributed by atoms with Gasteiger partial charge in [-0.05, 0) is 31.9 Å². The lowest BCUT2D eigenvalue weighted by molar-refractivity contribution is -0.113. The van der Waals surface area contributed by atoms with Crippen LogP contribution >= 0.6 is 23.1 Å². The molecule has 0 bridgehead atoms. The predicted molar refractivity (Wildman–Crippen MR) is 112 cm³/mol. The van der Waals surface area contributed by atoms with Crippen molar-refractivity contribution in [1.29, 1.82) is 0 Å². The normalized spacial score (nSPS) is 11.1. The molecule has 2 aromatic heterocycles. The fourth-order valence-electron chi connectivity index (χ4n) is 2.67. The van der Waals surface area contributed by atoms with E-state index in [2.05, 4.69) is 22.3 Å². The zero-order valence-corrected chi connectivity index (χ0v) is 17.2. The minimum absolute atomic E-state index is 0.0622. The van der Waals surface area contributed by atoms with Crippen molar-refractivity contribution in [3.8, 4) is 0 Å². The summed E-state index contributed by atoms with van der Waals surface area (Å²) in [6, 6.07) is 7.43. The van der Waals surface area contributed by atoms with Crippen molar-refractivity contribution in [3.63, 3.8) is 0 Å². The predicted octanol–water partition coefficient (Wildman–Crippen LogP) is 3.59. The van der Waals surface area contributed by atoms with Crippen molar-refractivity contribution in [2.45, 2.75) is 39.4 Å². The summed E-state index contributed by atoms with van der Waals surface area (Å²) in [5.74, 6) is 0.748. The Labute approximate surface area is 166 Å². The Morgan fingerprint density at radius 1 is 1.30 bits per heavy atom.